The number of aromatic carboxylic acids is 1. The second-order valence-corrected chi connectivity index (χ2v) is 7.92. The lowest BCUT2D eigenvalue weighted by molar-refractivity contribution is -0.119. The molecular formula is C12H14N2O5S2. The van der Waals surface area contributed by atoms with Crippen LogP contribution in [0.3, 0.4) is 0 Å². The minimum absolute atomic E-state index is 0.0121. The van der Waals surface area contributed by atoms with Crippen molar-refractivity contribution in [2.75, 3.05) is 17.3 Å². The van der Waals surface area contributed by atoms with Crippen molar-refractivity contribution < 1.29 is 23.1 Å². The molecule has 1 atom stereocenters. The highest BCUT2D eigenvalue weighted by atomic mass is 32.2. The molecule has 1 amide bonds. The topological polar surface area (TPSA) is 113 Å². The Hall–Kier alpha value is -1.61. The zero-order chi connectivity index (χ0) is 15.5. The molecule has 0 bridgehead atoms. The van der Waals surface area contributed by atoms with Gasteiger partial charge in [0.05, 0.1) is 17.3 Å². The summed E-state index contributed by atoms with van der Waals surface area (Å²) in [5.74, 6) is -1.20. The maximum Gasteiger partial charge on any atom is 0.354 e. The minimum atomic E-state index is -3.02. The molecule has 1 unspecified atom stereocenters. The van der Waals surface area contributed by atoms with E-state index in [1.807, 2.05) is 0 Å². The van der Waals surface area contributed by atoms with Crippen LogP contribution in [0, 0.1) is 0 Å². The monoisotopic (exact) mass is 330 g/mol. The average molecular weight is 330 g/mol. The van der Waals surface area contributed by atoms with Crippen molar-refractivity contribution in [3.05, 3.63) is 24.0 Å². The summed E-state index contributed by atoms with van der Waals surface area (Å²) in [6, 6.07) is 2.68. The third-order valence-corrected chi connectivity index (χ3v) is 5.68. The van der Waals surface area contributed by atoms with Crippen molar-refractivity contribution in [2.24, 2.45) is 0 Å². The summed E-state index contributed by atoms with van der Waals surface area (Å²) in [5, 5.41) is 11.5. The Balaban J connectivity index is 1.84. The highest BCUT2D eigenvalue weighted by Gasteiger charge is 2.28. The zero-order valence-electron chi connectivity index (χ0n) is 11.0. The molecule has 0 aromatic carbocycles. The van der Waals surface area contributed by atoms with E-state index in [4.69, 9.17) is 5.11 Å². The van der Waals surface area contributed by atoms with Gasteiger partial charge in [-0.2, -0.15) is 0 Å². The third kappa shape index (κ3) is 4.71. The van der Waals surface area contributed by atoms with Crippen molar-refractivity contribution in [3.63, 3.8) is 0 Å². The Kier molecular flexibility index (Phi) is 4.84. The molecule has 1 aliphatic rings. The Morgan fingerprint density at radius 1 is 1.48 bits per heavy atom. The van der Waals surface area contributed by atoms with E-state index in [0.29, 0.717) is 11.3 Å². The molecule has 2 heterocycles. The van der Waals surface area contributed by atoms with Gasteiger partial charge in [0, 0.05) is 17.1 Å². The summed E-state index contributed by atoms with van der Waals surface area (Å²) in [7, 11) is -3.02. The van der Waals surface area contributed by atoms with Crippen LogP contribution in [0.2, 0.25) is 0 Å². The van der Waals surface area contributed by atoms with Gasteiger partial charge in [0.25, 0.3) is 0 Å². The molecule has 2 rings (SSSR count). The number of sulfone groups is 1. The van der Waals surface area contributed by atoms with Gasteiger partial charge >= 0.3 is 5.97 Å². The summed E-state index contributed by atoms with van der Waals surface area (Å²) in [6.07, 6.45) is 1.81. The Labute approximate surface area is 126 Å². The van der Waals surface area contributed by atoms with Crippen LogP contribution in [-0.4, -0.2) is 53.7 Å². The fourth-order valence-corrected chi connectivity index (χ4v) is 4.35. The number of pyridine rings is 1. The molecule has 1 fully saturated rings. The number of hydrogen-bond acceptors (Lipinski definition) is 6. The number of carbonyl (C=O) groups is 2. The highest BCUT2D eigenvalue weighted by molar-refractivity contribution is 8.00. The van der Waals surface area contributed by atoms with Crippen LogP contribution in [0.15, 0.2) is 23.2 Å². The van der Waals surface area contributed by atoms with E-state index in [2.05, 4.69) is 10.3 Å². The van der Waals surface area contributed by atoms with Gasteiger partial charge in [-0.15, -0.1) is 11.8 Å². The van der Waals surface area contributed by atoms with Gasteiger partial charge in [0.2, 0.25) is 5.91 Å². The molecule has 21 heavy (non-hydrogen) atoms. The molecule has 2 N–H and O–H groups in total. The number of carbonyl (C=O) groups excluding carboxylic acids is 1. The van der Waals surface area contributed by atoms with Gasteiger partial charge in [-0.3, -0.25) is 4.79 Å². The van der Waals surface area contributed by atoms with Crippen molar-refractivity contribution >= 4 is 33.5 Å². The average Bonchev–Trinajstić information content (AvgIpc) is 2.76. The van der Waals surface area contributed by atoms with E-state index in [1.54, 1.807) is 6.07 Å². The van der Waals surface area contributed by atoms with E-state index in [-0.39, 0.29) is 34.9 Å². The summed E-state index contributed by atoms with van der Waals surface area (Å²) in [6.45, 7) is 0. The number of carboxylic acid groups (broad SMARTS) is 1. The summed E-state index contributed by atoms with van der Waals surface area (Å²) in [4.78, 5) is 26.8. The van der Waals surface area contributed by atoms with Crippen LogP contribution < -0.4 is 5.32 Å². The predicted molar refractivity (Wildman–Crippen MR) is 77.1 cm³/mol. The van der Waals surface area contributed by atoms with Crippen molar-refractivity contribution in [3.8, 4) is 0 Å². The molecule has 0 radical (unpaired) electrons. The lowest BCUT2D eigenvalue weighted by Gasteiger charge is -2.10. The van der Waals surface area contributed by atoms with Gasteiger partial charge in [-0.05, 0) is 18.6 Å². The molecule has 7 nitrogen and oxygen atoms in total. The quantitative estimate of drug-likeness (QED) is 0.740. The van der Waals surface area contributed by atoms with Gasteiger partial charge < -0.3 is 10.4 Å². The van der Waals surface area contributed by atoms with Gasteiger partial charge in [0.15, 0.2) is 9.84 Å². The first-order valence-corrected chi connectivity index (χ1v) is 8.98. The second-order valence-electron chi connectivity index (χ2n) is 4.64. The van der Waals surface area contributed by atoms with Crippen molar-refractivity contribution in [1.29, 1.82) is 0 Å². The van der Waals surface area contributed by atoms with Crippen LogP contribution in [0.4, 0.5) is 0 Å². The third-order valence-electron chi connectivity index (χ3n) is 2.92. The first kappa shape index (κ1) is 15.8. The first-order valence-electron chi connectivity index (χ1n) is 6.18. The normalized spacial score (nSPS) is 20.1. The van der Waals surface area contributed by atoms with Gasteiger partial charge in [-0.25, -0.2) is 18.2 Å². The molecule has 114 valence electrons. The SMILES string of the molecule is O=C(CSc1ccnc(C(=O)O)c1)NC1CCS(=O)(=O)C1. The Morgan fingerprint density at radius 3 is 2.86 bits per heavy atom. The zero-order valence-corrected chi connectivity index (χ0v) is 12.6. The number of thioether (sulfide) groups is 1. The molecule has 1 saturated heterocycles. The largest absolute Gasteiger partial charge is 0.477 e. The van der Waals surface area contributed by atoms with Gasteiger partial charge in [-0.1, -0.05) is 0 Å². The van der Waals surface area contributed by atoms with E-state index < -0.39 is 15.8 Å². The van der Waals surface area contributed by atoms with Crippen molar-refractivity contribution in [1.82, 2.24) is 10.3 Å². The van der Waals surface area contributed by atoms with Crippen LogP contribution in [0.25, 0.3) is 0 Å². The van der Waals surface area contributed by atoms with Crippen LogP contribution >= 0.6 is 11.8 Å². The molecule has 1 aliphatic heterocycles. The molecule has 9 heteroatoms. The number of rotatable bonds is 5. The smallest absolute Gasteiger partial charge is 0.354 e. The molecule has 0 saturated carbocycles. The molecule has 0 aliphatic carbocycles. The Morgan fingerprint density at radius 2 is 2.24 bits per heavy atom. The minimum Gasteiger partial charge on any atom is -0.477 e. The van der Waals surface area contributed by atoms with E-state index in [1.165, 1.54) is 24.0 Å². The number of aromatic nitrogens is 1. The molecule has 1 aromatic heterocycles. The number of nitrogens with zero attached hydrogens (tertiary/aromatic N) is 1. The molecule has 0 spiro atoms. The maximum atomic E-state index is 11.7. The second kappa shape index (κ2) is 6.44. The van der Waals surface area contributed by atoms with Crippen LogP contribution in [0.5, 0.6) is 0 Å². The first-order chi connectivity index (χ1) is 9.85. The summed E-state index contributed by atoms with van der Waals surface area (Å²) >= 11 is 1.18. The lowest BCUT2D eigenvalue weighted by Crippen LogP contribution is -2.36. The van der Waals surface area contributed by atoms with Crippen LogP contribution in [-0.2, 0) is 14.6 Å². The summed E-state index contributed by atoms with van der Waals surface area (Å²) < 4.78 is 22.6. The highest BCUT2D eigenvalue weighted by Crippen LogP contribution is 2.18. The predicted octanol–water partition coefficient (Wildman–Crippen LogP) is 0.175. The molecule has 1 aromatic rings. The summed E-state index contributed by atoms with van der Waals surface area (Å²) in [5.41, 5.74) is -0.0812. The fraction of sp³-hybridized carbons (Fsp3) is 0.417. The van der Waals surface area contributed by atoms with E-state index in [0.717, 1.165) is 0 Å². The standard InChI is InChI=1S/C12H14N2O5S2/c15-11(14-8-2-4-21(18,19)7-8)6-20-9-1-3-13-10(5-9)12(16)17/h1,3,5,8H,2,4,6-7H2,(H,14,15)(H,16,17). The number of carboxylic acids is 1. The maximum absolute atomic E-state index is 11.7. The Bertz CT molecular complexity index is 659. The number of amides is 1. The molecular weight excluding hydrogens is 316 g/mol. The van der Waals surface area contributed by atoms with Crippen LogP contribution in [0.1, 0.15) is 16.9 Å². The lowest BCUT2D eigenvalue weighted by atomic mass is 10.3. The van der Waals surface area contributed by atoms with Crippen molar-refractivity contribution in [2.45, 2.75) is 17.4 Å². The number of nitrogens with one attached hydrogen (secondary N) is 1. The van der Waals surface area contributed by atoms with E-state index >= 15 is 0 Å². The fourth-order valence-electron chi connectivity index (χ4n) is 1.94. The van der Waals surface area contributed by atoms with E-state index in [9.17, 15) is 18.0 Å². The number of hydrogen-bond donors (Lipinski definition) is 2. The van der Waals surface area contributed by atoms with Gasteiger partial charge in [0.1, 0.15) is 5.69 Å².